The summed E-state index contributed by atoms with van der Waals surface area (Å²) in [4.78, 5) is 12.3. The first-order chi connectivity index (χ1) is 16.1. The summed E-state index contributed by atoms with van der Waals surface area (Å²) in [5, 5.41) is 0. The number of esters is 1. The Labute approximate surface area is 197 Å². The van der Waals surface area contributed by atoms with Crippen molar-refractivity contribution in [2.45, 2.75) is 71.6 Å². The Bertz CT molecular complexity index is 857. The van der Waals surface area contributed by atoms with E-state index in [1.165, 1.54) is 57.1 Å². The highest BCUT2D eigenvalue weighted by Crippen LogP contribution is 2.33. The zero-order valence-corrected chi connectivity index (χ0v) is 20.0. The molecule has 0 aromatic heterocycles. The van der Waals surface area contributed by atoms with Crippen LogP contribution >= 0.6 is 0 Å². The lowest BCUT2D eigenvalue weighted by Gasteiger charge is -2.28. The van der Waals surface area contributed by atoms with E-state index in [9.17, 15) is 9.18 Å². The fourth-order valence-corrected chi connectivity index (χ4v) is 4.51. The highest BCUT2D eigenvalue weighted by atomic mass is 19.1. The molecule has 0 aliphatic heterocycles. The molecular formula is C28H37FO4. The summed E-state index contributed by atoms with van der Waals surface area (Å²) in [6, 6.07) is 11.1. The molecule has 0 radical (unpaired) electrons. The molecule has 0 amide bonds. The van der Waals surface area contributed by atoms with E-state index < -0.39 is 11.8 Å². The lowest BCUT2D eigenvalue weighted by atomic mass is 9.78. The molecule has 180 valence electrons. The first-order valence-corrected chi connectivity index (χ1v) is 12.5. The largest absolute Gasteiger partial charge is 0.494 e. The number of hydrogen-bond donors (Lipinski definition) is 0. The van der Waals surface area contributed by atoms with Gasteiger partial charge in [0.2, 0.25) is 0 Å². The lowest BCUT2D eigenvalue weighted by molar-refractivity contribution is 0.0734. The van der Waals surface area contributed by atoms with Crippen molar-refractivity contribution in [1.29, 1.82) is 0 Å². The van der Waals surface area contributed by atoms with Crippen LogP contribution in [-0.4, -0.2) is 19.2 Å². The van der Waals surface area contributed by atoms with E-state index in [2.05, 4.69) is 6.92 Å². The van der Waals surface area contributed by atoms with Crippen LogP contribution in [0.2, 0.25) is 0 Å². The third-order valence-electron chi connectivity index (χ3n) is 6.35. The Morgan fingerprint density at radius 3 is 2.15 bits per heavy atom. The second kappa shape index (κ2) is 13.2. The second-order valence-corrected chi connectivity index (χ2v) is 9.02. The number of halogens is 1. The minimum absolute atomic E-state index is 0.138. The Hall–Kier alpha value is -2.56. The molecule has 0 N–H and O–H groups in total. The van der Waals surface area contributed by atoms with E-state index >= 15 is 0 Å². The van der Waals surface area contributed by atoms with Gasteiger partial charge in [-0.15, -0.1) is 0 Å². The zero-order valence-electron chi connectivity index (χ0n) is 20.0. The van der Waals surface area contributed by atoms with Crippen molar-refractivity contribution in [3.63, 3.8) is 0 Å². The minimum Gasteiger partial charge on any atom is -0.494 e. The SMILES string of the molecule is CCCOc1ccc(C(=O)Oc2ccc(OCCC[C@H]3CC[C@H](CCC)CC3)cc2)cc1F. The molecule has 0 spiro atoms. The average molecular weight is 457 g/mol. The smallest absolute Gasteiger partial charge is 0.343 e. The van der Waals surface area contributed by atoms with E-state index in [1.54, 1.807) is 24.3 Å². The van der Waals surface area contributed by atoms with Gasteiger partial charge in [0, 0.05) is 0 Å². The summed E-state index contributed by atoms with van der Waals surface area (Å²) in [7, 11) is 0. The molecule has 4 nitrogen and oxygen atoms in total. The van der Waals surface area contributed by atoms with Crippen molar-refractivity contribution in [2.75, 3.05) is 13.2 Å². The van der Waals surface area contributed by atoms with Gasteiger partial charge in [-0.1, -0.05) is 52.4 Å². The van der Waals surface area contributed by atoms with Crippen LogP contribution in [0.25, 0.3) is 0 Å². The Morgan fingerprint density at radius 2 is 1.52 bits per heavy atom. The number of benzene rings is 2. The predicted octanol–water partition coefficient (Wildman–Crippen LogP) is 7.60. The molecule has 0 bridgehead atoms. The molecular weight excluding hydrogens is 419 g/mol. The van der Waals surface area contributed by atoms with Crippen LogP contribution in [0, 0.1) is 17.7 Å². The van der Waals surface area contributed by atoms with Crippen molar-refractivity contribution < 1.29 is 23.4 Å². The van der Waals surface area contributed by atoms with Gasteiger partial charge in [0.25, 0.3) is 0 Å². The summed E-state index contributed by atoms with van der Waals surface area (Å²) in [5.74, 6) is 1.90. The summed E-state index contributed by atoms with van der Waals surface area (Å²) in [6.07, 6.45) is 11.3. The van der Waals surface area contributed by atoms with Gasteiger partial charge in [-0.3, -0.25) is 0 Å². The van der Waals surface area contributed by atoms with Crippen LogP contribution in [0.15, 0.2) is 42.5 Å². The second-order valence-electron chi connectivity index (χ2n) is 9.02. The maximum atomic E-state index is 14.1. The molecule has 33 heavy (non-hydrogen) atoms. The van der Waals surface area contributed by atoms with Crippen molar-refractivity contribution in [3.05, 3.63) is 53.8 Å². The van der Waals surface area contributed by atoms with E-state index in [4.69, 9.17) is 14.2 Å². The standard InChI is InChI=1S/C28H37FO4/c1-3-6-21-8-10-22(11-9-21)7-5-19-31-24-13-15-25(16-14-24)33-28(30)23-12-17-27(26(29)20-23)32-18-4-2/h12-17,20-22H,3-11,18-19H2,1-2H3/t21-,22-. The van der Waals surface area contributed by atoms with E-state index in [0.29, 0.717) is 19.0 Å². The summed E-state index contributed by atoms with van der Waals surface area (Å²) in [5.41, 5.74) is 0.139. The normalized spacial score (nSPS) is 18.0. The zero-order chi connectivity index (χ0) is 23.5. The molecule has 0 heterocycles. The molecule has 1 fully saturated rings. The first-order valence-electron chi connectivity index (χ1n) is 12.5. The fourth-order valence-electron chi connectivity index (χ4n) is 4.51. The highest BCUT2D eigenvalue weighted by Gasteiger charge is 2.20. The number of carbonyl (C=O) groups excluding carboxylic acids is 1. The third-order valence-corrected chi connectivity index (χ3v) is 6.35. The molecule has 0 unspecified atom stereocenters. The molecule has 0 saturated heterocycles. The van der Waals surface area contributed by atoms with Crippen LogP contribution in [0.1, 0.15) is 82.0 Å². The molecule has 1 aliphatic carbocycles. The highest BCUT2D eigenvalue weighted by molar-refractivity contribution is 5.91. The maximum absolute atomic E-state index is 14.1. The van der Waals surface area contributed by atoms with Crippen LogP contribution < -0.4 is 14.2 Å². The van der Waals surface area contributed by atoms with Gasteiger partial charge >= 0.3 is 5.97 Å². The van der Waals surface area contributed by atoms with Gasteiger partial charge in [0.15, 0.2) is 11.6 Å². The lowest BCUT2D eigenvalue weighted by Crippen LogP contribution is -2.15. The van der Waals surface area contributed by atoms with E-state index in [-0.39, 0.29) is 11.3 Å². The van der Waals surface area contributed by atoms with Gasteiger partial charge in [-0.05, 0) is 73.6 Å². The van der Waals surface area contributed by atoms with Crippen LogP contribution in [0.3, 0.4) is 0 Å². The number of rotatable bonds is 12. The maximum Gasteiger partial charge on any atom is 0.343 e. The topological polar surface area (TPSA) is 44.8 Å². The van der Waals surface area contributed by atoms with Crippen LogP contribution in [-0.2, 0) is 0 Å². The molecule has 0 atom stereocenters. The molecule has 2 aromatic carbocycles. The number of hydrogen-bond acceptors (Lipinski definition) is 4. The van der Waals surface area contributed by atoms with Gasteiger partial charge in [0.05, 0.1) is 18.8 Å². The van der Waals surface area contributed by atoms with Crippen molar-refractivity contribution >= 4 is 5.97 Å². The van der Waals surface area contributed by atoms with Gasteiger partial charge in [0.1, 0.15) is 11.5 Å². The third kappa shape index (κ3) is 8.06. The molecule has 2 aromatic rings. The van der Waals surface area contributed by atoms with E-state index in [1.807, 2.05) is 6.92 Å². The Kier molecular flexibility index (Phi) is 10.0. The Morgan fingerprint density at radius 1 is 0.848 bits per heavy atom. The summed E-state index contributed by atoms with van der Waals surface area (Å²) >= 11 is 0. The number of ether oxygens (including phenoxy) is 3. The fraction of sp³-hybridized carbons (Fsp3) is 0.536. The molecule has 1 saturated carbocycles. The first kappa shape index (κ1) is 25.1. The van der Waals surface area contributed by atoms with Crippen molar-refractivity contribution in [3.8, 4) is 17.2 Å². The van der Waals surface area contributed by atoms with Crippen molar-refractivity contribution in [1.82, 2.24) is 0 Å². The van der Waals surface area contributed by atoms with Crippen LogP contribution in [0.4, 0.5) is 4.39 Å². The minimum atomic E-state index is -0.613. The predicted molar refractivity (Wildman–Crippen MR) is 129 cm³/mol. The molecule has 3 rings (SSSR count). The van der Waals surface area contributed by atoms with Gasteiger partial charge < -0.3 is 14.2 Å². The Balaban J connectivity index is 1.38. The monoisotopic (exact) mass is 456 g/mol. The van der Waals surface area contributed by atoms with Crippen molar-refractivity contribution in [2.24, 2.45) is 11.8 Å². The molecule has 1 aliphatic rings. The quantitative estimate of drug-likeness (QED) is 0.187. The summed E-state index contributed by atoms with van der Waals surface area (Å²) in [6.45, 7) is 5.35. The van der Waals surface area contributed by atoms with Gasteiger partial charge in [-0.25, -0.2) is 9.18 Å². The average Bonchev–Trinajstić information content (AvgIpc) is 2.83. The molecule has 5 heteroatoms. The van der Waals surface area contributed by atoms with Crippen LogP contribution in [0.5, 0.6) is 17.2 Å². The number of carbonyl (C=O) groups is 1. The summed E-state index contributed by atoms with van der Waals surface area (Å²) < 4.78 is 30.6. The van der Waals surface area contributed by atoms with E-state index in [0.717, 1.165) is 36.5 Å². The van der Waals surface area contributed by atoms with Gasteiger partial charge in [-0.2, -0.15) is 0 Å².